The van der Waals surface area contributed by atoms with Crippen LogP contribution in [0.25, 0.3) is 0 Å². The molecule has 4 saturated carbocycles. The highest BCUT2D eigenvalue weighted by molar-refractivity contribution is 7.97. The number of alkyl halides is 2. The van der Waals surface area contributed by atoms with Crippen LogP contribution in [-0.2, 0) is 10.1 Å². The quantitative estimate of drug-likeness (QED) is 0.309. The Balaban J connectivity index is 1.72. The molecule has 4 aliphatic rings. The lowest BCUT2D eigenvalue weighted by Crippen LogP contribution is -2.67. The minimum absolute atomic E-state index is 0.265. The monoisotopic (exact) mass is 541 g/mol. The molecule has 0 radical (unpaired) electrons. The Bertz CT molecular complexity index is 1260. The van der Waals surface area contributed by atoms with Crippen molar-refractivity contribution >= 4 is 33.3 Å². The molecular weight excluding hydrogens is 509 g/mol. The Labute approximate surface area is 218 Å². The molecule has 0 aliphatic heterocycles. The van der Waals surface area contributed by atoms with Gasteiger partial charge in [-0.2, -0.15) is 8.42 Å². The third-order valence-electron chi connectivity index (χ3n) is 9.20. The van der Waals surface area contributed by atoms with Crippen molar-refractivity contribution in [2.24, 2.45) is 23.7 Å². The lowest BCUT2D eigenvalue weighted by molar-refractivity contribution is -0.142. The summed E-state index contributed by atoms with van der Waals surface area (Å²) in [6.45, 7) is 0. The zero-order valence-corrected chi connectivity index (χ0v) is 22.3. The fraction of sp³-hybridized carbons (Fsp3) is 0.400. The van der Waals surface area contributed by atoms with Gasteiger partial charge in [0.15, 0.2) is 0 Å². The molecule has 0 heterocycles. The molecule has 3 nitrogen and oxygen atoms in total. The fourth-order valence-electron chi connectivity index (χ4n) is 8.72. The van der Waals surface area contributed by atoms with E-state index in [9.17, 15) is 13.0 Å². The van der Waals surface area contributed by atoms with Gasteiger partial charge in [-0.25, -0.2) is 8.78 Å². The lowest BCUT2D eigenvalue weighted by Gasteiger charge is -2.64. The summed E-state index contributed by atoms with van der Waals surface area (Å²) in [5.41, 5.74) is 0. The Hall–Kier alpha value is -2.14. The molecule has 7 rings (SSSR count). The molecule has 0 spiro atoms. The normalized spacial score (nSPS) is 29.4. The predicted molar refractivity (Wildman–Crippen MR) is 146 cm³/mol. The number of halogens is 2. The summed E-state index contributed by atoms with van der Waals surface area (Å²) < 4.78 is 66.4. The van der Waals surface area contributed by atoms with Crippen LogP contribution in [0, 0.1) is 23.7 Å². The minimum Gasteiger partial charge on any atom is -0.285 e. The van der Waals surface area contributed by atoms with Crippen LogP contribution in [0.1, 0.15) is 32.1 Å². The maximum atomic E-state index is 16.5. The van der Waals surface area contributed by atoms with Crippen LogP contribution in [0.3, 0.4) is 0 Å². The summed E-state index contributed by atoms with van der Waals surface area (Å²) in [6.07, 6.45) is 3.79. The highest BCUT2D eigenvalue weighted by atomic mass is 32.2. The fourth-order valence-corrected chi connectivity index (χ4v) is 15.6. The molecule has 37 heavy (non-hydrogen) atoms. The third kappa shape index (κ3) is 3.99. The molecule has 0 amide bonds. The average Bonchev–Trinajstić information content (AvgIpc) is 2.84. The maximum Gasteiger partial charge on any atom is 0.271 e. The second-order valence-electron chi connectivity index (χ2n) is 11.4. The van der Waals surface area contributed by atoms with Crippen molar-refractivity contribution < 1.29 is 21.8 Å². The summed E-state index contributed by atoms with van der Waals surface area (Å²) >= 11 is 0. The summed E-state index contributed by atoms with van der Waals surface area (Å²) in [7, 11) is -7.60. The van der Waals surface area contributed by atoms with Crippen LogP contribution in [-0.4, -0.2) is 29.8 Å². The molecule has 3 unspecified atom stereocenters. The summed E-state index contributed by atoms with van der Waals surface area (Å²) in [5.74, 6) is -5.76. The van der Waals surface area contributed by atoms with Gasteiger partial charge in [0.05, 0.1) is 5.92 Å². The van der Waals surface area contributed by atoms with Crippen LogP contribution >= 0.6 is 7.26 Å². The van der Waals surface area contributed by atoms with E-state index in [2.05, 4.69) is 36.4 Å². The van der Waals surface area contributed by atoms with Crippen molar-refractivity contribution in [3.8, 4) is 0 Å². The minimum atomic E-state index is -4.87. The van der Waals surface area contributed by atoms with Gasteiger partial charge in [0.1, 0.15) is 34.1 Å². The van der Waals surface area contributed by atoms with Crippen molar-refractivity contribution in [2.45, 2.75) is 43.2 Å². The summed E-state index contributed by atoms with van der Waals surface area (Å²) in [5, 5.41) is 2.35. The number of benzene rings is 3. The van der Waals surface area contributed by atoms with E-state index in [4.69, 9.17) is 0 Å². The van der Waals surface area contributed by atoms with Crippen molar-refractivity contribution in [3.05, 3.63) is 91.0 Å². The first-order chi connectivity index (χ1) is 17.7. The standard InChI is InChI=1S/C30H31F2O3PS/c31-30(32,21-37(33,34)35)28-24-17-22-16-23(18-24)20-29(28,19-22)36(25-10-4-1-5-11-25,26-12-6-2-7-13-26)27-14-8-3-9-15-27/h1-15,22-24,28H,16-21H2/p+1. The van der Waals surface area contributed by atoms with Crippen LogP contribution in [0.15, 0.2) is 91.0 Å². The molecule has 4 fully saturated rings. The topological polar surface area (TPSA) is 54.4 Å². The van der Waals surface area contributed by atoms with E-state index in [1.54, 1.807) is 0 Å². The zero-order valence-electron chi connectivity index (χ0n) is 20.6. The van der Waals surface area contributed by atoms with Crippen molar-refractivity contribution in [1.82, 2.24) is 0 Å². The molecule has 4 bridgehead atoms. The largest absolute Gasteiger partial charge is 0.285 e. The van der Waals surface area contributed by atoms with Gasteiger partial charge in [0.25, 0.3) is 16.0 Å². The van der Waals surface area contributed by atoms with Gasteiger partial charge in [-0.05, 0) is 86.3 Å². The first-order valence-corrected chi connectivity index (χ1v) is 16.4. The second-order valence-corrected chi connectivity index (χ2v) is 16.6. The third-order valence-corrected chi connectivity index (χ3v) is 15.1. The molecule has 0 saturated heterocycles. The van der Waals surface area contributed by atoms with E-state index in [1.807, 2.05) is 54.6 Å². The molecule has 3 atom stereocenters. The Morgan fingerprint density at radius 3 is 1.54 bits per heavy atom. The van der Waals surface area contributed by atoms with Gasteiger partial charge in [-0.15, -0.1) is 0 Å². The Morgan fingerprint density at radius 1 is 0.757 bits per heavy atom. The number of rotatable bonds is 7. The second kappa shape index (κ2) is 8.97. The van der Waals surface area contributed by atoms with Crippen LogP contribution in [0.4, 0.5) is 8.78 Å². The van der Waals surface area contributed by atoms with Gasteiger partial charge < -0.3 is 0 Å². The highest BCUT2D eigenvalue weighted by Gasteiger charge is 2.77. The molecule has 4 aliphatic carbocycles. The zero-order chi connectivity index (χ0) is 25.9. The van der Waals surface area contributed by atoms with E-state index in [-0.39, 0.29) is 5.92 Å². The molecule has 0 aromatic heterocycles. The van der Waals surface area contributed by atoms with E-state index in [1.165, 1.54) is 0 Å². The first kappa shape index (κ1) is 25.2. The predicted octanol–water partition coefficient (Wildman–Crippen LogP) is 5.70. The average molecular weight is 542 g/mol. The molecule has 3 aromatic carbocycles. The van der Waals surface area contributed by atoms with Crippen LogP contribution in [0.2, 0.25) is 0 Å². The van der Waals surface area contributed by atoms with Gasteiger partial charge in [-0.3, -0.25) is 4.55 Å². The molecular formula is C30H32F2O3PS+. The lowest BCUT2D eigenvalue weighted by atomic mass is 9.50. The molecule has 1 N–H and O–H groups in total. The van der Waals surface area contributed by atoms with E-state index >= 15 is 8.78 Å². The molecule has 194 valence electrons. The van der Waals surface area contributed by atoms with Gasteiger partial charge in [-0.1, -0.05) is 54.6 Å². The van der Waals surface area contributed by atoms with Gasteiger partial charge in [0, 0.05) is 0 Å². The van der Waals surface area contributed by atoms with Gasteiger partial charge in [0.2, 0.25) is 0 Å². The first-order valence-electron chi connectivity index (χ1n) is 13.0. The van der Waals surface area contributed by atoms with E-state index in [0.29, 0.717) is 37.5 Å². The van der Waals surface area contributed by atoms with Crippen molar-refractivity contribution in [1.29, 1.82) is 0 Å². The summed E-state index contributed by atoms with van der Waals surface area (Å²) in [6, 6.07) is 30.3. The van der Waals surface area contributed by atoms with Crippen molar-refractivity contribution in [2.75, 3.05) is 5.75 Å². The van der Waals surface area contributed by atoms with Crippen molar-refractivity contribution in [3.63, 3.8) is 0 Å². The molecule has 3 aromatic rings. The van der Waals surface area contributed by atoms with E-state index < -0.39 is 40.1 Å². The number of hydrogen-bond acceptors (Lipinski definition) is 2. The smallest absolute Gasteiger partial charge is 0.271 e. The maximum absolute atomic E-state index is 16.5. The van der Waals surface area contributed by atoms with Crippen LogP contribution in [0.5, 0.6) is 0 Å². The SMILES string of the molecule is O=S(=O)(O)CC(F)(F)C1C2CC3CC(C2)CC1([P+](c1ccccc1)(c1ccccc1)c1ccccc1)C3. The highest BCUT2D eigenvalue weighted by Crippen LogP contribution is 2.80. The molecule has 7 heteroatoms. The van der Waals surface area contributed by atoms with Crippen LogP contribution < -0.4 is 15.9 Å². The van der Waals surface area contributed by atoms with Gasteiger partial charge >= 0.3 is 0 Å². The summed E-state index contributed by atoms with van der Waals surface area (Å²) in [4.78, 5) is 0. The number of hydrogen-bond donors (Lipinski definition) is 1. The van der Waals surface area contributed by atoms with E-state index in [0.717, 1.165) is 22.3 Å². The Kier molecular flexibility index (Phi) is 6.10. The Morgan fingerprint density at radius 2 is 1.16 bits per heavy atom.